The number of benzene rings is 1. The fourth-order valence-corrected chi connectivity index (χ4v) is 3.72. The molecule has 1 aromatic heterocycles. The molecule has 32 heavy (non-hydrogen) atoms. The molecule has 3 rings (SSSR count). The lowest BCUT2D eigenvalue weighted by Gasteiger charge is -2.34. The molecule has 1 aliphatic heterocycles. The Hall–Kier alpha value is -2.43. The minimum atomic E-state index is -0.611. The Morgan fingerprint density at radius 2 is 2.03 bits per heavy atom. The van der Waals surface area contributed by atoms with Crippen LogP contribution >= 0.6 is 27.5 Å². The van der Waals surface area contributed by atoms with Gasteiger partial charge in [0, 0.05) is 32.4 Å². The van der Waals surface area contributed by atoms with Gasteiger partial charge >= 0.3 is 5.97 Å². The number of amides is 2. The largest absolute Gasteiger partial charge is 0.459 e. The molecule has 2 amide bonds. The molecule has 11 heteroatoms. The van der Waals surface area contributed by atoms with Crippen molar-refractivity contribution in [2.24, 2.45) is 7.05 Å². The molecule has 1 saturated heterocycles. The number of halogens is 2. The van der Waals surface area contributed by atoms with E-state index in [9.17, 15) is 14.4 Å². The number of anilines is 1. The average Bonchev–Trinajstić information content (AvgIpc) is 3.05. The fraction of sp³-hybridized carbons (Fsp3) is 0.429. The highest BCUT2D eigenvalue weighted by atomic mass is 79.9. The number of ether oxygens (including phenoxy) is 1. The lowest BCUT2D eigenvalue weighted by molar-refractivity contribution is -0.158. The zero-order valence-corrected chi connectivity index (χ0v) is 20.6. The summed E-state index contributed by atoms with van der Waals surface area (Å²) in [4.78, 5) is 43.5. The Labute approximate surface area is 199 Å². The summed E-state index contributed by atoms with van der Waals surface area (Å²) < 4.78 is 7.68. The summed E-state index contributed by atoms with van der Waals surface area (Å²) in [6.45, 7) is 6.45. The van der Waals surface area contributed by atoms with E-state index in [4.69, 9.17) is 16.3 Å². The molecule has 1 aliphatic rings. The number of nitrogens with zero attached hydrogens (tertiary/aromatic N) is 3. The minimum absolute atomic E-state index is 0.177. The van der Waals surface area contributed by atoms with Crippen LogP contribution in [0.25, 0.3) is 0 Å². The lowest BCUT2D eigenvalue weighted by atomic mass is 10.1. The Kier molecular flexibility index (Phi) is 7.26. The summed E-state index contributed by atoms with van der Waals surface area (Å²) in [5.41, 5.74) is 0.108. The molecule has 0 bridgehead atoms. The Balaban J connectivity index is 1.69. The first-order chi connectivity index (χ1) is 15.0. The van der Waals surface area contributed by atoms with Crippen molar-refractivity contribution in [3.05, 3.63) is 45.4 Å². The first-order valence-corrected chi connectivity index (χ1v) is 11.2. The van der Waals surface area contributed by atoms with Crippen LogP contribution in [0.3, 0.4) is 0 Å². The van der Waals surface area contributed by atoms with Crippen molar-refractivity contribution in [2.45, 2.75) is 32.4 Å². The van der Waals surface area contributed by atoms with Gasteiger partial charge in [-0.25, -0.2) is 4.98 Å². The van der Waals surface area contributed by atoms with Crippen LogP contribution in [-0.4, -0.2) is 63.5 Å². The van der Waals surface area contributed by atoms with Gasteiger partial charge in [0.05, 0.1) is 16.8 Å². The van der Waals surface area contributed by atoms with E-state index in [1.165, 1.54) is 12.3 Å². The number of imidazole rings is 1. The molecule has 1 aromatic carbocycles. The molecule has 172 valence electrons. The number of aromatic nitrogens is 2. The predicted octanol–water partition coefficient (Wildman–Crippen LogP) is 2.84. The van der Waals surface area contributed by atoms with E-state index in [1.54, 1.807) is 49.4 Å². The van der Waals surface area contributed by atoms with E-state index >= 15 is 0 Å². The van der Waals surface area contributed by atoms with Crippen LogP contribution in [0.15, 0.2) is 29.0 Å². The van der Waals surface area contributed by atoms with Gasteiger partial charge in [-0.05, 0) is 54.9 Å². The van der Waals surface area contributed by atoms with Gasteiger partial charge in [0.2, 0.25) is 0 Å². The molecule has 2 N–H and O–H groups in total. The van der Waals surface area contributed by atoms with E-state index in [0.717, 1.165) is 0 Å². The van der Waals surface area contributed by atoms with Crippen molar-refractivity contribution in [1.29, 1.82) is 0 Å². The molecule has 1 fully saturated rings. The summed E-state index contributed by atoms with van der Waals surface area (Å²) in [6.07, 6.45) is 1.53. The number of rotatable bonds is 4. The Bertz CT molecular complexity index is 1050. The van der Waals surface area contributed by atoms with Gasteiger partial charge in [-0.2, -0.15) is 0 Å². The fourth-order valence-electron chi connectivity index (χ4n) is 3.19. The van der Waals surface area contributed by atoms with Gasteiger partial charge in [0.25, 0.3) is 11.8 Å². The third-order valence-electron chi connectivity index (χ3n) is 4.75. The van der Waals surface area contributed by atoms with E-state index in [0.29, 0.717) is 23.4 Å². The number of hydrogen-bond donors (Lipinski definition) is 2. The molecular formula is C21H25BrClN5O4. The van der Waals surface area contributed by atoms with Crippen LogP contribution in [-0.2, 0) is 16.6 Å². The van der Waals surface area contributed by atoms with E-state index in [2.05, 4.69) is 31.5 Å². The first-order valence-electron chi connectivity index (χ1n) is 10.00. The van der Waals surface area contributed by atoms with Gasteiger partial charge in [-0.15, -0.1) is 0 Å². The molecule has 9 nitrogen and oxygen atoms in total. The van der Waals surface area contributed by atoms with Gasteiger partial charge in [-0.1, -0.05) is 11.6 Å². The number of piperazine rings is 1. The number of nitrogens with one attached hydrogen (secondary N) is 2. The monoisotopic (exact) mass is 525 g/mol. The van der Waals surface area contributed by atoms with Crippen molar-refractivity contribution in [3.63, 3.8) is 0 Å². The quantitative estimate of drug-likeness (QED) is 0.594. The molecule has 1 atom stereocenters. The van der Waals surface area contributed by atoms with Crippen LogP contribution in [0.4, 0.5) is 5.69 Å². The zero-order chi connectivity index (χ0) is 23.6. The Morgan fingerprint density at radius 3 is 2.62 bits per heavy atom. The molecule has 0 saturated carbocycles. The van der Waals surface area contributed by atoms with E-state index in [1.807, 2.05) is 0 Å². The van der Waals surface area contributed by atoms with Crippen LogP contribution < -0.4 is 10.6 Å². The number of carbonyl (C=O) groups is 3. The molecular weight excluding hydrogens is 502 g/mol. The number of esters is 1. The maximum absolute atomic E-state index is 13.0. The van der Waals surface area contributed by atoms with Gasteiger partial charge in [-0.3, -0.25) is 14.4 Å². The molecule has 2 aromatic rings. The topological polar surface area (TPSA) is 106 Å². The van der Waals surface area contributed by atoms with Gasteiger partial charge in [0.15, 0.2) is 5.82 Å². The van der Waals surface area contributed by atoms with Crippen LogP contribution in [0.5, 0.6) is 0 Å². The highest BCUT2D eigenvalue weighted by molar-refractivity contribution is 9.10. The average molecular weight is 527 g/mol. The SMILES string of the molecule is Cn1c(Br)cnc1C(=O)Nc1ccc(C(=O)N2CCNC(C(=O)OC(C)(C)C)C2)c(Cl)c1. The second kappa shape index (κ2) is 9.60. The smallest absolute Gasteiger partial charge is 0.325 e. The summed E-state index contributed by atoms with van der Waals surface area (Å²) in [5, 5.41) is 6.00. The number of carbonyl (C=O) groups excluding carboxylic acids is 3. The third kappa shape index (κ3) is 5.67. The second-order valence-electron chi connectivity index (χ2n) is 8.40. The summed E-state index contributed by atoms with van der Waals surface area (Å²) in [6, 6.07) is 4.06. The summed E-state index contributed by atoms with van der Waals surface area (Å²) in [5.74, 6) is -0.881. The van der Waals surface area contributed by atoms with Crippen LogP contribution in [0, 0.1) is 0 Å². The molecule has 1 unspecified atom stereocenters. The predicted molar refractivity (Wildman–Crippen MR) is 124 cm³/mol. The van der Waals surface area contributed by atoms with Crippen LogP contribution in [0.1, 0.15) is 41.7 Å². The van der Waals surface area contributed by atoms with Crippen molar-refractivity contribution < 1.29 is 19.1 Å². The van der Waals surface area contributed by atoms with E-state index in [-0.39, 0.29) is 28.9 Å². The molecule has 0 radical (unpaired) electrons. The van der Waals surface area contributed by atoms with Crippen molar-refractivity contribution >= 4 is 51.0 Å². The first kappa shape index (κ1) is 24.2. The van der Waals surface area contributed by atoms with E-state index < -0.39 is 23.5 Å². The zero-order valence-electron chi connectivity index (χ0n) is 18.2. The van der Waals surface area contributed by atoms with Gasteiger partial charge < -0.3 is 24.8 Å². The normalized spacial score (nSPS) is 16.6. The second-order valence-corrected chi connectivity index (χ2v) is 9.62. The maximum atomic E-state index is 13.0. The lowest BCUT2D eigenvalue weighted by Crippen LogP contribution is -2.56. The third-order valence-corrected chi connectivity index (χ3v) is 5.80. The summed E-state index contributed by atoms with van der Waals surface area (Å²) in [7, 11) is 1.71. The Morgan fingerprint density at radius 1 is 1.31 bits per heavy atom. The standard InChI is InChI=1S/C21H25BrClN5O4/c1-21(2,3)32-20(31)15-11-28(8-7-24-15)19(30)13-6-5-12(9-14(13)23)26-18(29)17-25-10-16(22)27(17)4/h5-6,9-10,15,24H,7-8,11H2,1-4H3,(H,26,29). The molecule has 0 aliphatic carbocycles. The maximum Gasteiger partial charge on any atom is 0.325 e. The van der Waals surface area contributed by atoms with Crippen LogP contribution in [0.2, 0.25) is 5.02 Å². The highest BCUT2D eigenvalue weighted by Gasteiger charge is 2.32. The highest BCUT2D eigenvalue weighted by Crippen LogP contribution is 2.24. The van der Waals surface area contributed by atoms with Crippen molar-refractivity contribution in [2.75, 3.05) is 25.0 Å². The van der Waals surface area contributed by atoms with Crippen molar-refractivity contribution in [3.8, 4) is 0 Å². The minimum Gasteiger partial charge on any atom is -0.459 e. The van der Waals surface area contributed by atoms with Crippen molar-refractivity contribution in [1.82, 2.24) is 19.8 Å². The summed E-state index contributed by atoms with van der Waals surface area (Å²) >= 11 is 9.66. The molecule has 0 spiro atoms. The van der Waals surface area contributed by atoms with Gasteiger partial charge in [0.1, 0.15) is 16.2 Å². The number of hydrogen-bond acceptors (Lipinski definition) is 6. The molecule has 2 heterocycles.